The zero-order valence-electron chi connectivity index (χ0n) is 62.2. The molecule has 3 unspecified atom stereocenters. The van der Waals surface area contributed by atoms with Gasteiger partial charge in [-0.2, -0.15) is 0 Å². The summed E-state index contributed by atoms with van der Waals surface area (Å²) in [7, 11) is 0. The van der Waals surface area contributed by atoms with Crippen LogP contribution in [0.2, 0.25) is 1.41 Å². The van der Waals surface area contributed by atoms with Crippen LogP contribution in [0.25, 0.3) is 0 Å². The van der Waals surface area contributed by atoms with Gasteiger partial charge in [-0.05, 0) is 108 Å². The third-order valence-electron chi connectivity index (χ3n) is 18.8. The lowest BCUT2D eigenvalue weighted by molar-refractivity contribution is -0.144. The predicted octanol–water partition coefficient (Wildman–Crippen LogP) is 7.12. The summed E-state index contributed by atoms with van der Waals surface area (Å²) in [5.41, 5.74) is 9.67. The zero-order chi connectivity index (χ0) is 76.3. The molecule has 9 aliphatic rings. The molecular formula is C78H81N9O15. The normalized spacial score (nSPS) is 23.1. The Hall–Kier alpha value is -11.0. The quantitative estimate of drug-likeness (QED) is 0.0774. The first-order chi connectivity index (χ1) is 51.7. The van der Waals surface area contributed by atoms with Crippen LogP contribution in [0.1, 0.15) is 126 Å². The highest BCUT2D eigenvalue weighted by Gasteiger charge is 2.43. The van der Waals surface area contributed by atoms with E-state index < -0.39 is 60.4 Å². The molecule has 24 heteroatoms. The second-order valence-electron chi connectivity index (χ2n) is 25.7. The Balaban J connectivity index is 0.000000143. The molecule has 0 aliphatic carbocycles. The molecule has 6 aromatic rings. The maximum Gasteiger partial charge on any atom is 0.255 e. The van der Waals surface area contributed by atoms with Crippen molar-refractivity contribution in [2.24, 2.45) is 0 Å². The number of amides is 9. The second kappa shape index (κ2) is 31.3. The number of carbonyl (C=O) groups is 9. The number of ether oxygens (including phenoxy) is 6. The summed E-state index contributed by atoms with van der Waals surface area (Å²) in [5, 5.41) is 5.68. The van der Waals surface area contributed by atoms with Gasteiger partial charge in [-0.25, -0.2) is 0 Å². The monoisotopic (exact) mass is 1390 g/mol. The third kappa shape index (κ3) is 15.9. The minimum Gasteiger partial charge on any atom is -0.489 e. The molecule has 0 aromatic heterocycles. The summed E-state index contributed by atoms with van der Waals surface area (Å²) in [6, 6.07) is 34.9. The molecular weight excluding hydrogens is 1300 g/mol. The number of benzene rings is 6. The van der Waals surface area contributed by atoms with Crippen molar-refractivity contribution in [3.05, 3.63) is 231 Å². The lowest BCUT2D eigenvalue weighted by Gasteiger charge is -2.31. The molecule has 6 saturated heterocycles. The highest BCUT2D eigenvalue weighted by Crippen LogP contribution is 2.38. The minimum absolute atomic E-state index is 0.0121. The predicted molar refractivity (Wildman–Crippen MR) is 371 cm³/mol. The molecule has 15 rings (SSSR count). The molecule has 6 aromatic carbocycles. The van der Waals surface area contributed by atoms with Gasteiger partial charge in [-0.15, -0.1) is 0 Å². The Morgan fingerprint density at radius 1 is 0.441 bits per heavy atom. The lowest BCUT2D eigenvalue weighted by Crippen LogP contribution is -2.49. The minimum atomic E-state index is -1.92. The van der Waals surface area contributed by atoms with E-state index in [1.807, 2.05) is 72.8 Å². The van der Waals surface area contributed by atoms with Gasteiger partial charge in [0.05, 0.1) is 40.8 Å². The van der Waals surface area contributed by atoms with Crippen molar-refractivity contribution in [1.29, 1.82) is 0 Å². The molecule has 3 N–H and O–H groups in total. The van der Waals surface area contributed by atoms with Crippen LogP contribution in [0.15, 0.2) is 164 Å². The van der Waals surface area contributed by atoms with Crippen molar-refractivity contribution in [1.82, 2.24) is 45.3 Å². The van der Waals surface area contributed by atoms with E-state index >= 15 is 0 Å². The van der Waals surface area contributed by atoms with Crippen LogP contribution >= 0.6 is 0 Å². The van der Waals surface area contributed by atoms with E-state index in [1.54, 1.807) is 69.3 Å². The van der Waals surface area contributed by atoms with Crippen molar-refractivity contribution in [3.8, 4) is 17.2 Å². The number of fused-ring (bicyclic) bond motifs is 3. The average Bonchev–Trinajstić information content (AvgIpc) is 1.55. The Morgan fingerprint density at radius 2 is 0.814 bits per heavy atom. The van der Waals surface area contributed by atoms with E-state index in [0.29, 0.717) is 126 Å². The van der Waals surface area contributed by atoms with Gasteiger partial charge >= 0.3 is 0 Å². The number of nitrogens with zero attached hydrogens (tertiary/aromatic N) is 6. The molecule has 9 heterocycles. The zero-order valence-corrected chi connectivity index (χ0v) is 56.2. The summed E-state index contributed by atoms with van der Waals surface area (Å²) in [6.45, 7) is 17.4. The van der Waals surface area contributed by atoms with Gasteiger partial charge < -0.3 is 73.8 Å². The topological polar surface area (TPSA) is 265 Å². The Labute approximate surface area is 599 Å². The van der Waals surface area contributed by atoms with Crippen molar-refractivity contribution in [2.75, 3.05) is 59.3 Å². The van der Waals surface area contributed by atoms with Gasteiger partial charge in [0.25, 0.3) is 17.7 Å². The maximum absolute atomic E-state index is 13.1. The van der Waals surface area contributed by atoms with E-state index in [9.17, 15) is 43.2 Å². The van der Waals surface area contributed by atoms with Crippen LogP contribution in [0.5, 0.6) is 17.2 Å². The van der Waals surface area contributed by atoms with E-state index in [1.165, 1.54) is 14.7 Å². The number of rotatable bonds is 18. The van der Waals surface area contributed by atoms with Crippen molar-refractivity contribution >= 4 is 53.2 Å². The summed E-state index contributed by atoms with van der Waals surface area (Å²) < 4.78 is 83.3. The average molecular weight is 1390 g/mol. The number of carbonyl (C=O) groups excluding carboxylic acids is 9. The van der Waals surface area contributed by atoms with E-state index in [2.05, 4.69) is 30.4 Å². The summed E-state index contributed by atoms with van der Waals surface area (Å²) in [4.78, 5) is 122. The number of morpholine rings is 3. The Kier molecular flexibility index (Phi) is 19.1. The summed E-state index contributed by atoms with van der Waals surface area (Å²) >= 11 is 0. The fourth-order valence-electron chi connectivity index (χ4n) is 13.1. The number of hydrogen-bond acceptors (Lipinski definition) is 15. The van der Waals surface area contributed by atoms with Gasteiger partial charge in [0.15, 0.2) is 1.41 Å². The first kappa shape index (κ1) is 62.1. The van der Waals surface area contributed by atoms with Crippen molar-refractivity contribution in [3.63, 3.8) is 0 Å². The molecule has 24 nitrogen and oxygen atoms in total. The standard InChI is InChI=1S/3C26H27N3O5/c3*1-17-5-10-22(25(31)27-17)29-14-21-20(26(29)32)3-2-4-23(21)34-15-19-8-6-18(7-9-19)13-28-11-12-33-16-24(28)30/h3*2-4,6-9,22H,1,5,10-16H2,(H,27,31)/i22D;10D2;5D2/hD. The molecule has 3 atom stereocenters. The number of nitrogens with one attached hydrogen (secondary N) is 3. The molecule has 528 valence electrons. The largest absolute Gasteiger partial charge is 0.489 e. The molecule has 0 bridgehead atoms. The molecule has 0 spiro atoms. The SMILES string of the molecule is [2H]C1([2H])CC(=C)NC(=O)C1N1Cc2c(OCc3ccc(CN4CCOCC4=O)cc3)cccc2C1=O.[2H]C1([2H])CC(N2Cc3c(OCc4ccc(CN5CCOCC5=O)cc4)cccc3C2=O)C(=O)NC1=C.[2H]N1C(=C)CCC([2H])(N2Cc3c(OCc4ccc(CN5CCOCC5=O)cc4)cccc3C2=O)C1=O. The van der Waals surface area contributed by atoms with E-state index in [0.717, 1.165) is 33.4 Å². The highest BCUT2D eigenvalue weighted by atomic mass is 16.5. The van der Waals surface area contributed by atoms with Gasteiger partial charge in [0, 0.05) is 95.2 Å². The first-order valence-electron chi connectivity index (χ1n) is 36.7. The second-order valence-corrected chi connectivity index (χ2v) is 25.7. The fraction of sp³-hybridized carbons (Fsp3) is 0.346. The smallest absolute Gasteiger partial charge is 0.255 e. The van der Waals surface area contributed by atoms with Crippen molar-refractivity contribution in [2.45, 2.75) is 116 Å². The maximum atomic E-state index is 13.1. The number of allylic oxidation sites excluding steroid dienone is 3. The fourth-order valence-corrected chi connectivity index (χ4v) is 13.1. The summed E-state index contributed by atoms with van der Waals surface area (Å²) in [6.07, 6.45) is -3.53. The molecule has 9 aliphatic heterocycles. The lowest BCUT2D eigenvalue weighted by atomic mass is 10.0. The first-order valence-corrected chi connectivity index (χ1v) is 33.7. The number of piperidine rings is 3. The third-order valence-corrected chi connectivity index (χ3v) is 18.8. The van der Waals surface area contributed by atoms with Crippen LogP contribution in [0.3, 0.4) is 0 Å². The van der Waals surface area contributed by atoms with Crippen molar-refractivity contribution < 1.29 is 79.8 Å². The Morgan fingerprint density at radius 3 is 1.23 bits per heavy atom. The molecule has 102 heavy (non-hydrogen) atoms. The van der Waals surface area contributed by atoms with E-state index in [-0.39, 0.29) is 114 Å². The highest BCUT2D eigenvalue weighted by molar-refractivity contribution is 6.04. The van der Waals surface area contributed by atoms with Crippen LogP contribution < -0.4 is 30.2 Å². The molecule has 0 radical (unpaired) electrons. The molecule has 9 amide bonds. The summed E-state index contributed by atoms with van der Waals surface area (Å²) in [5.74, 6) is -1.36. The molecule has 0 saturated carbocycles. The van der Waals surface area contributed by atoms with E-state index in [4.69, 9.17) is 36.7 Å². The number of hydrogen-bond donors (Lipinski definition) is 3. The Bertz CT molecular complexity index is 4600. The van der Waals surface area contributed by atoms with Crippen LogP contribution in [-0.2, 0) is 102 Å². The molecule has 6 fully saturated rings. The van der Waals surface area contributed by atoms with Crippen LogP contribution in [-0.4, -0.2) is 160 Å². The van der Waals surface area contributed by atoms with Crippen LogP contribution in [0, 0.1) is 0 Å². The van der Waals surface area contributed by atoms with Crippen LogP contribution in [0.4, 0.5) is 0 Å². The van der Waals surface area contributed by atoms with Gasteiger partial charge in [0.1, 0.15) is 75.0 Å². The van der Waals surface area contributed by atoms with Gasteiger partial charge in [0.2, 0.25) is 35.4 Å². The van der Waals surface area contributed by atoms with Gasteiger partial charge in [-0.1, -0.05) is 111 Å². The van der Waals surface area contributed by atoms with Gasteiger partial charge in [-0.3, -0.25) is 43.2 Å².